The predicted molar refractivity (Wildman–Crippen MR) is 90.3 cm³/mol. The molecular weight excluding hydrogens is 307 g/mol. The van der Waals surface area contributed by atoms with Gasteiger partial charge in [0, 0.05) is 18.7 Å². The van der Waals surface area contributed by atoms with Crippen molar-refractivity contribution in [3.05, 3.63) is 30.1 Å². The van der Waals surface area contributed by atoms with E-state index in [4.69, 9.17) is 4.52 Å². The standard InChI is InChI=1S/C18H23FN4O/c1-22-10-6-18(7-11-22)8-12-23(13-9-18)17-20-16(21-24-17)14-2-4-15(19)5-3-14/h2-5H,6-13H2,1H3. The lowest BCUT2D eigenvalue weighted by Crippen LogP contribution is -2.46. The van der Waals surface area contributed by atoms with Crippen LogP contribution in [0.5, 0.6) is 0 Å². The molecule has 0 unspecified atom stereocenters. The van der Waals surface area contributed by atoms with Gasteiger partial charge < -0.3 is 14.3 Å². The lowest BCUT2D eigenvalue weighted by molar-refractivity contribution is 0.0930. The lowest BCUT2D eigenvalue weighted by atomic mass is 9.71. The highest BCUT2D eigenvalue weighted by Crippen LogP contribution is 2.41. The fourth-order valence-electron chi connectivity index (χ4n) is 3.83. The van der Waals surface area contributed by atoms with Crippen LogP contribution in [0.3, 0.4) is 0 Å². The largest absolute Gasteiger partial charge is 0.324 e. The maximum absolute atomic E-state index is 13.0. The number of hydrogen-bond donors (Lipinski definition) is 0. The average Bonchev–Trinajstić information content (AvgIpc) is 3.09. The maximum Gasteiger partial charge on any atom is 0.324 e. The molecule has 1 spiro atoms. The second-order valence-corrected chi connectivity index (χ2v) is 7.20. The summed E-state index contributed by atoms with van der Waals surface area (Å²) in [5.41, 5.74) is 1.28. The minimum Gasteiger partial charge on any atom is -0.324 e. The van der Waals surface area contributed by atoms with Crippen LogP contribution in [0, 0.1) is 11.2 Å². The molecule has 2 saturated heterocycles. The molecule has 0 N–H and O–H groups in total. The van der Waals surface area contributed by atoms with Crippen LogP contribution in [0.15, 0.2) is 28.8 Å². The van der Waals surface area contributed by atoms with Crippen LogP contribution < -0.4 is 4.90 Å². The molecule has 2 aromatic rings. The lowest BCUT2D eigenvalue weighted by Gasteiger charge is -2.45. The summed E-state index contributed by atoms with van der Waals surface area (Å²) >= 11 is 0. The first kappa shape index (κ1) is 15.6. The second kappa shape index (κ2) is 6.16. The van der Waals surface area contributed by atoms with E-state index >= 15 is 0 Å². The molecule has 0 radical (unpaired) electrons. The van der Waals surface area contributed by atoms with E-state index in [0.29, 0.717) is 17.3 Å². The molecule has 6 heteroatoms. The fraction of sp³-hybridized carbons (Fsp3) is 0.556. The number of likely N-dealkylation sites (tertiary alicyclic amines) is 1. The first-order valence-electron chi connectivity index (χ1n) is 8.67. The molecule has 0 saturated carbocycles. The van der Waals surface area contributed by atoms with Gasteiger partial charge in [0.25, 0.3) is 0 Å². The molecule has 24 heavy (non-hydrogen) atoms. The Kier molecular flexibility index (Phi) is 4.00. The summed E-state index contributed by atoms with van der Waals surface area (Å²) in [4.78, 5) is 9.10. The first-order chi connectivity index (χ1) is 11.6. The number of hydrogen-bond acceptors (Lipinski definition) is 5. The summed E-state index contributed by atoms with van der Waals surface area (Å²) in [5.74, 6) is 0.256. The minimum atomic E-state index is -0.262. The van der Waals surface area contributed by atoms with Gasteiger partial charge in [0.05, 0.1) is 0 Å². The van der Waals surface area contributed by atoms with E-state index < -0.39 is 0 Å². The van der Waals surface area contributed by atoms with E-state index in [2.05, 4.69) is 27.0 Å². The van der Waals surface area contributed by atoms with E-state index in [1.54, 1.807) is 12.1 Å². The number of anilines is 1. The molecule has 3 heterocycles. The van der Waals surface area contributed by atoms with Gasteiger partial charge >= 0.3 is 6.01 Å². The Hall–Kier alpha value is -1.95. The fourth-order valence-corrected chi connectivity index (χ4v) is 3.83. The number of piperidine rings is 2. The molecule has 2 aliphatic rings. The molecule has 0 atom stereocenters. The summed E-state index contributed by atoms with van der Waals surface area (Å²) in [7, 11) is 2.21. The van der Waals surface area contributed by atoms with Gasteiger partial charge in [-0.25, -0.2) is 4.39 Å². The van der Waals surface area contributed by atoms with Crippen molar-refractivity contribution >= 4 is 6.01 Å². The molecule has 5 nitrogen and oxygen atoms in total. The summed E-state index contributed by atoms with van der Waals surface area (Å²) in [5, 5.41) is 4.05. The number of halogens is 1. The molecule has 0 amide bonds. The van der Waals surface area contributed by atoms with Crippen LogP contribution in [-0.4, -0.2) is 48.3 Å². The van der Waals surface area contributed by atoms with Gasteiger partial charge in [0.2, 0.25) is 5.82 Å². The Labute approximate surface area is 141 Å². The number of rotatable bonds is 2. The Morgan fingerprint density at radius 1 is 1.00 bits per heavy atom. The average molecular weight is 330 g/mol. The van der Waals surface area contributed by atoms with Crippen molar-refractivity contribution in [3.8, 4) is 11.4 Å². The first-order valence-corrected chi connectivity index (χ1v) is 8.67. The zero-order valence-corrected chi connectivity index (χ0v) is 14.0. The van der Waals surface area contributed by atoms with Crippen molar-refractivity contribution in [1.82, 2.24) is 15.0 Å². The molecule has 128 valence electrons. The highest BCUT2D eigenvalue weighted by atomic mass is 19.1. The van der Waals surface area contributed by atoms with Crippen molar-refractivity contribution in [2.75, 3.05) is 38.1 Å². The van der Waals surface area contributed by atoms with Gasteiger partial charge in [0.1, 0.15) is 5.82 Å². The highest BCUT2D eigenvalue weighted by Gasteiger charge is 2.37. The monoisotopic (exact) mass is 330 g/mol. The van der Waals surface area contributed by atoms with Crippen LogP contribution in [0.25, 0.3) is 11.4 Å². The summed E-state index contributed by atoms with van der Waals surface area (Å²) in [6, 6.07) is 6.75. The normalized spacial score (nSPS) is 21.3. The van der Waals surface area contributed by atoms with Crippen LogP contribution in [-0.2, 0) is 0 Å². The van der Waals surface area contributed by atoms with Crippen LogP contribution in [0.2, 0.25) is 0 Å². The van der Waals surface area contributed by atoms with Crippen molar-refractivity contribution in [3.63, 3.8) is 0 Å². The Balaban J connectivity index is 1.42. The molecule has 0 bridgehead atoms. The van der Waals surface area contributed by atoms with E-state index in [-0.39, 0.29) is 5.82 Å². The van der Waals surface area contributed by atoms with Gasteiger partial charge in [0.15, 0.2) is 0 Å². The van der Waals surface area contributed by atoms with Crippen LogP contribution in [0.4, 0.5) is 10.4 Å². The predicted octanol–water partition coefficient (Wildman–Crippen LogP) is 3.19. The van der Waals surface area contributed by atoms with E-state index in [1.165, 1.54) is 50.9 Å². The molecule has 1 aromatic carbocycles. The third kappa shape index (κ3) is 3.02. The Bertz CT molecular complexity index is 681. The number of nitrogens with zero attached hydrogens (tertiary/aromatic N) is 4. The Morgan fingerprint density at radius 3 is 2.29 bits per heavy atom. The third-order valence-corrected chi connectivity index (χ3v) is 5.66. The van der Waals surface area contributed by atoms with E-state index in [9.17, 15) is 4.39 Å². The molecule has 2 fully saturated rings. The second-order valence-electron chi connectivity index (χ2n) is 7.20. The van der Waals surface area contributed by atoms with Gasteiger partial charge in [-0.05, 0) is 75.5 Å². The Morgan fingerprint density at radius 2 is 1.62 bits per heavy atom. The number of aromatic nitrogens is 2. The molecule has 1 aromatic heterocycles. The summed E-state index contributed by atoms with van der Waals surface area (Å²) in [6.45, 7) is 4.34. The summed E-state index contributed by atoms with van der Waals surface area (Å²) < 4.78 is 18.5. The third-order valence-electron chi connectivity index (χ3n) is 5.66. The quantitative estimate of drug-likeness (QED) is 0.846. The topological polar surface area (TPSA) is 45.4 Å². The zero-order valence-electron chi connectivity index (χ0n) is 14.0. The van der Waals surface area contributed by atoms with Gasteiger partial charge in [-0.3, -0.25) is 0 Å². The smallest absolute Gasteiger partial charge is 0.324 e. The highest BCUT2D eigenvalue weighted by molar-refractivity contribution is 5.55. The van der Waals surface area contributed by atoms with Crippen molar-refractivity contribution in [2.24, 2.45) is 5.41 Å². The molecule has 4 rings (SSSR count). The van der Waals surface area contributed by atoms with Gasteiger partial charge in [-0.1, -0.05) is 5.16 Å². The number of benzene rings is 1. The van der Waals surface area contributed by atoms with E-state index in [1.807, 2.05) is 0 Å². The maximum atomic E-state index is 13.0. The van der Waals surface area contributed by atoms with Crippen molar-refractivity contribution in [2.45, 2.75) is 25.7 Å². The van der Waals surface area contributed by atoms with Gasteiger partial charge in [-0.2, -0.15) is 4.98 Å². The van der Waals surface area contributed by atoms with Crippen molar-refractivity contribution in [1.29, 1.82) is 0 Å². The van der Waals surface area contributed by atoms with E-state index in [0.717, 1.165) is 18.7 Å². The molecular formula is C18H23FN4O. The van der Waals surface area contributed by atoms with Crippen LogP contribution >= 0.6 is 0 Å². The SMILES string of the molecule is CN1CCC2(CC1)CCN(c1nc(-c3ccc(F)cc3)no1)CC2. The zero-order chi connectivity index (χ0) is 16.6. The summed E-state index contributed by atoms with van der Waals surface area (Å²) in [6.07, 6.45) is 4.97. The minimum absolute atomic E-state index is 0.262. The van der Waals surface area contributed by atoms with Crippen LogP contribution in [0.1, 0.15) is 25.7 Å². The van der Waals surface area contributed by atoms with Gasteiger partial charge in [-0.15, -0.1) is 0 Å². The molecule has 2 aliphatic heterocycles. The van der Waals surface area contributed by atoms with Crippen molar-refractivity contribution < 1.29 is 8.91 Å². The molecule has 0 aliphatic carbocycles.